The Balaban J connectivity index is 1.70. The average molecular weight is 329 g/mol. The summed E-state index contributed by atoms with van der Waals surface area (Å²) in [6, 6.07) is 8.58. The van der Waals surface area contributed by atoms with E-state index in [2.05, 4.69) is 48.3 Å². The highest BCUT2D eigenvalue weighted by Gasteiger charge is 2.38. The Bertz CT molecular complexity index is 608. The Kier molecular flexibility index (Phi) is 4.90. The molecule has 1 aromatic carbocycles. The maximum Gasteiger partial charge on any atom is 0.324 e. The molecule has 3 amide bonds. The second-order valence-corrected chi connectivity index (χ2v) is 7.20. The van der Waals surface area contributed by atoms with Crippen molar-refractivity contribution < 1.29 is 9.59 Å². The van der Waals surface area contributed by atoms with Crippen molar-refractivity contribution in [2.24, 2.45) is 0 Å². The van der Waals surface area contributed by atoms with Gasteiger partial charge < -0.3 is 5.32 Å². The fourth-order valence-corrected chi connectivity index (χ4v) is 3.26. The van der Waals surface area contributed by atoms with Crippen molar-refractivity contribution in [2.75, 3.05) is 13.1 Å². The predicted octanol–water partition coefficient (Wildman–Crippen LogP) is 2.71. The van der Waals surface area contributed by atoms with E-state index in [1.54, 1.807) is 0 Å². The first-order valence-electron chi connectivity index (χ1n) is 8.91. The van der Waals surface area contributed by atoms with Crippen LogP contribution in [0.15, 0.2) is 24.3 Å². The molecule has 1 aliphatic heterocycles. The topological polar surface area (TPSA) is 52.7 Å². The van der Waals surface area contributed by atoms with E-state index in [0.717, 1.165) is 19.4 Å². The summed E-state index contributed by atoms with van der Waals surface area (Å²) < 4.78 is 0. The number of urea groups is 1. The first-order valence-corrected chi connectivity index (χ1v) is 8.91. The number of hydrogen-bond acceptors (Lipinski definition) is 3. The maximum atomic E-state index is 12.7. The van der Waals surface area contributed by atoms with E-state index in [0.29, 0.717) is 25.0 Å². The van der Waals surface area contributed by atoms with E-state index < -0.39 is 0 Å². The second-order valence-electron chi connectivity index (χ2n) is 7.20. The van der Waals surface area contributed by atoms with Crippen LogP contribution in [-0.2, 0) is 11.3 Å². The Morgan fingerprint density at radius 1 is 1.25 bits per heavy atom. The minimum atomic E-state index is -0.272. The van der Waals surface area contributed by atoms with Gasteiger partial charge in [-0.3, -0.25) is 14.6 Å². The van der Waals surface area contributed by atoms with Gasteiger partial charge >= 0.3 is 6.03 Å². The van der Waals surface area contributed by atoms with Gasteiger partial charge in [-0.25, -0.2) is 4.79 Å². The molecule has 2 fully saturated rings. The molecule has 0 aromatic heterocycles. The third-order valence-corrected chi connectivity index (χ3v) is 5.01. The first-order chi connectivity index (χ1) is 11.5. The average Bonchev–Trinajstić information content (AvgIpc) is 3.32. The summed E-state index contributed by atoms with van der Waals surface area (Å²) in [5, 5.41) is 2.70. The van der Waals surface area contributed by atoms with Crippen LogP contribution in [0.25, 0.3) is 0 Å². The molecule has 0 radical (unpaired) electrons. The summed E-state index contributed by atoms with van der Waals surface area (Å²) in [7, 11) is 0. The van der Waals surface area contributed by atoms with E-state index >= 15 is 0 Å². The van der Waals surface area contributed by atoms with Gasteiger partial charge in [0.05, 0.1) is 6.04 Å². The van der Waals surface area contributed by atoms with Crippen molar-refractivity contribution in [3.63, 3.8) is 0 Å². The van der Waals surface area contributed by atoms with E-state index in [1.807, 2.05) is 6.92 Å². The molecule has 1 atom stereocenters. The standard InChI is InChI=1S/C19H27N3O2/c1-13(2)16-6-4-15(5-7-16)12-22(17-8-9-17)14(3)18(23)21-11-10-20-19(21)24/h4-7,13-14,17H,8-12H2,1-3H3,(H,20,24)/t14-/m0/s1. The van der Waals surface area contributed by atoms with E-state index in [-0.39, 0.29) is 18.0 Å². The predicted molar refractivity (Wildman–Crippen MR) is 93.7 cm³/mol. The van der Waals surface area contributed by atoms with Gasteiger partial charge in [-0.05, 0) is 36.8 Å². The third-order valence-electron chi connectivity index (χ3n) is 5.01. The van der Waals surface area contributed by atoms with E-state index in [4.69, 9.17) is 0 Å². The van der Waals surface area contributed by atoms with Crippen LogP contribution in [0.4, 0.5) is 4.79 Å². The maximum absolute atomic E-state index is 12.7. The lowest BCUT2D eigenvalue weighted by Gasteiger charge is -2.30. The fourth-order valence-electron chi connectivity index (χ4n) is 3.26. The minimum Gasteiger partial charge on any atom is -0.336 e. The molecule has 1 heterocycles. The number of carbonyl (C=O) groups is 2. The fraction of sp³-hybridized carbons (Fsp3) is 0.579. The molecule has 0 spiro atoms. The van der Waals surface area contributed by atoms with Crippen molar-refractivity contribution in [1.82, 2.24) is 15.1 Å². The zero-order valence-electron chi connectivity index (χ0n) is 14.8. The quantitative estimate of drug-likeness (QED) is 0.873. The Labute approximate surface area is 144 Å². The highest BCUT2D eigenvalue weighted by molar-refractivity contribution is 5.98. The number of nitrogens with one attached hydrogen (secondary N) is 1. The van der Waals surface area contributed by atoms with Crippen LogP contribution in [-0.4, -0.2) is 46.9 Å². The van der Waals surface area contributed by atoms with Crippen LogP contribution in [0.1, 0.15) is 50.7 Å². The molecule has 1 N–H and O–H groups in total. The number of carbonyl (C=O) groups excluding carboxylic acids is 2. The highest BCUT2D eigenvalue weighted by atomic mass is 16.2. The van der Waals surface area contributed by atoms with Gasteiger partial charge in [-0.1, -0.05) is 38.1 Å². The van der Waals surface area contributed by atoms with Gasteiger partial charge in [-0.2, -0.15) is 0 Å². The minimum absolute atomic E-state index is 0.0873. The molecule has 1 aromatic rings. The summed E-state index contributed by atoms with van der Waals surface area (Å²) in [4.78, 5) is 28.0. The largest absolute Gasteiger partial charge is 0.336 e. The van der Waals surface area contributed by atoms with Gasteiger partial charge in [0.25, 0.3) is 0 Å². The molecular weight excluding hydrogens is 302 g/mol. The van der Waals surface area contributed by atoms with Gasteiger partial charge in [0.2, 0.25) is 5.91 Å². The smallest absolute Gasteiger partial charge is 0.324 e. The molecule has 5 heteroatoms. The number of nitrogens with zero attached hydrogens (tertiary/aromatic N) is 2. The highest BCUT2D eigenvalue weighted by Crippen LogP contribution is 2.31. The Hall–Kier alpha value is -1.88. The number of amides is 3. The molecular formula is C19H27N3O2. The molecule has 0 unspecified atom stereocenters. The molecule has 2 aliphatic rings. The van der Waals surface area contributed by atoms with Crippen LogP contribution in [0, 0.1) is 0 Å². The molecule has 0 bridgehead atoms. The lowest BCUT2D eigenvalue weighted by atomic mass is 10.0. The Morgan fingerprint density at radius 2 is 1.92 bits per heavy atom. The SMILES string of the molecule is CC(C)c1ccc(CN(C2CC2)[C@@H](C)C(=O)N2CCNC2=O)cc1. The number of rotatable bonds is 6. The summed E-state index contributed by atoms with van der Waals surface area (Å²) in [6.07, 6.45) is 2.27. The molecule has 1 saturated carbocycles. The van der Waals surface area contributed by atoms with Crippen molar-refractivity contribution in [3.05, 3.63) is 35.4 Å². The Morgan fingerprint density at radius 3 is 2.42 bits per heavy atom. The lowest BCUT2D eigenvalue weighted by Crippen LogP contribution is -2.48. The number of benzene rings is 1. The molecule has 5 nitrogen and oxygen atoms in total. The van der Waals surface area contributed by atoms with Gasteiger partial charge in [0.15, 0.2) is 0 Å². The van der Waals surface area contributed by atoms with Gasteiger partial charge in [0.1, 0.15) is 0 Å². The van der Waals surface area contributed by atoms with Crippen LogP contribution in [0.5, 0.6) is 0 Å². The third kappa shape index (κ3) is 3.61. The first kappa shape index (κ1) is 17.0. The lowest BCUT2D eigenvalue weighted by molar-refractivity contribution is -0.133. The van der Waals surface area contributed by atoms with Crippen molar-refractivity contribution in [2.45, 2.75) is 58.2 Å². The van der Waals surface area contributed by atoms with Crippen LogP contribution in [0.2, 0.25) is 0 Å². The summed E-state index contributed by atoms with van der Waals surface area (Å²) in [5.74, 6) is 0.434. The van der Waals surface area contributed by atoms with Crippen LogP contribution >= 0.6 is 0 Å². The number of imide groups is 1. The monoisotopic (exact) mass is 329 g/mol. The zero-order valence-corrected chi connectivity index (χ0v) is 14.8. The number of hydrogen-bond donors (Lipinski definition) is 1. The summed E-state index contributed by atoms with van der Waals surface area (Å²) >= 11 is 0. The molecule has 3 rings (SSSR count). The normalized spacial score (nSPS) is 19.0. The van der Waals surface area contributed by atoms with Gasteiger partial charge in [0, 0.05) is 25.7 Å². The molecule has 24 heavy (non-hydrogen) atoms. The molecule has 1 aliphatic carbocycles. The van der Waals surface area contributed by atoms with Crippen molar-refractivity contribution >= 4 is 11.9 Å². The van der Waals surface area contributed by atoms with E-state index in [9.17, 15) is 9.59 Å². The van der Waals surface area contributed by atoms with Crippen LogP contribution < -0.4 is 5.32 Å². The summed E-state index contributed by atoms with van der Waals surface area (Å²) in [6.45, 7) is 8.09. The summed E-state index contributed by atoms with van der Waals surface area (Å²) in [5.41, 5.74) is 2.55. The van der Waals surface area contributed by atoms with Crippen molar-refractivity contribution in [1.29, 1.82) is 0 Å². The van der Waals surface area contributed by atoms with Crippen LogP contribution in [0.3, 0.4) is 0 Å². The van der Waals surface area contributed by atoms with Crippen molar-refractivity contribution in [3.8, 4) is 0 Å². The second kappa shape index (κ2) is 6.93. The van der Waals surface area contributed by atoms with E-state index in [1.165, 1.54) is 16.0 Å². The molecule has 1 saturated heterocycles. The van der Waals surface area contributed by atoms with Gasteiger partial charge in [-0.15, -0.1) is 0 Å². The zero-order chi connectivity index (χ0) is 17.3. The molecule has 130 valence electrons.